The average molecular weight is 324 g/mol. The Hall–Kier alpha value is -2.31. The molecule has 0 saturated carbocycles. The molecule has 124 valence electrons. The first-order valence-corrected chi connectivity index (χ1v) is 7.11. The summed E-state index contributed by atoms with van der Waals surface area (Å²) < 4.78 is 37.7. The van der Waals surface area contributed by atoms with Gasteiger partial charge in [-0.1, -0.05) is 0 Å². The second kappa shape index (κ2) is 6.06. The largest absolute Gasteiger partial charge is 0.416 e. The smallest absolute Gasteiger partial charge is 0.350 e. The first-order chi connectivity index (χ1) is 10.5. The van der Waals surface area contributed by atoms with Crippen molar-refractivity contribution in [2.24, 2.45) is 0 Å². The second-order valence-electron chi connectivity index (χ2n) is 6.30. The van der Waals surface area contributed by atoms with Crippen molar-refractivity contribution in [1.29, 1.82) is 0 Å². The number of nitrogens with zero attached hydrogens (tertiary/aromatic N) is 2. The van der Waals surface area contributed by atoms with Gasteiger partial charge in [0, 0.05) is 23.0 Å². The molecule has 0 aliphatic rings. The SMILES string of the molecule is Cc1cnc(NC(C)(C)C)nc1Nc1ccc(C(F)(F)F)cc1. The molecule has 0 saturated heterocycles. The Kier molecular flexibility index (Phi) is 4.49. The number of halogens is 3. The van der Waals surface area contributed by atoms with Crippen LogP contribution in [0.1, 0.15) is 31.9 Å². The summed E-state index contributed by atoms with van der Waals surface area (Å²) in [6.45, 7) is 7.78. The van der Waals surface area contributed by atoms with Crippen molar-refractivity contribution in [1.82, 2.24) is 9.97 Å². The molecule has 2 rings (SSSR count). The van der Waals surface area contributed by atoms with Crippen molar-refractivity contribution >= 4 is 17.5 Å². The number of hydrogen-bond acceptors (Lipinski definition) is 4. The van der Waals surface area contributed by atoms with Crippen molar-refractivity contribution in [3.05, 3.63) is 41.6 Å². The fourth-order valence-electron chi connectivity index (χ4n) is 1.84. The summed E-state index contributed by atoms with van der Waals surface area (Å²) >= 11 is 0. The van der Waals surface area contributed by atoms with Crippen LogP contribution in [0.2, 0.25) is 0 Å². The van der Waals surface area contributed by atoms with Crippen molar-refractivity contribution in [2.45, 2.75) is 39.4 Å². The first kappa shape index (κ1) is 17.1. The number of aromatic nitrogens is 2. The lowest BCUT2D eigenvalue weighted by atomic mass is 10.1. The quantitative estimate of drug-likeness (QED) is 0.855. The zero-order chi connectivity index (χ0) is 17.3. The van der Waals surface area contributed by atoms with Gasteiger partial charge in [-0.3, -0.25) is 0 Å². The predicted molar refractivity (Wildman–Crippen MR) is 84.9 cm³/mol. The molecule has 0 unspecified atom stereocenters. The van der Waals surface area contributed by atoms with Gasteiger partial charge in [0.15, 0.2) is 0 Å². The Morgan fingerprint density at radius 2 is 1.61 bits per heavy atom. The van der Waals surface area contributed by atoms with Crippen LogP contribution in [0.5, 0.6) is 0 Å². The van der Waals surface area contributed by atoms with Gasteiger partial charge in [0.25, 0.3) is 0 Å². The zero-order valence-electron chi connectivity index (χ0n) is 13.4. The summed E-state index contributed by atoms with van der Waals surface area (Å²) in [6, 6.07) is 4.82. The van der Waals surface area contributed by atoms with E-state index < -0.39 is 11.7 Å². The first-order valence-electron chi connectivity index (χ1n) is 7.11. The van der Waals surface area contributed by atoms with Gasteiger partial charge in [-0.05, 0) is 52.0 Å². The van der Waals surface area contributed by atoms with E-state index in [2.05, 4.69) is 20.6 Å². The minimum Gasteiger partial charge on any atom is -0.350 e. The maximum Gasteiger partial charge on any atom is 0.416 e. The molecule has 1 aromatic heterocycles. The highest BCUT2D eigenvalue weighted by molar-refractivity contribution is 5.60. The fourth-order valence-corrected chi connectivity index (χ4v) is 1.84. The standard InChI is InChI=1S/C16H19F3N4/c1-10-9-20-14(23-15(2,3)4)22-13(10)21-12-7-5-11(6-8-12)16(17,18)19/h5-9H,1-4H3,(H2,20,21,22,23). The summed E-state index contributed by atoms with van der Waals surface area (Å²) in [4.78, 5) is 8.57. The number of hydrogen-bond donors (Lipinski definition) is 2. The third kappa shape index (κ3) is 4.84. The Balaban J connectivity index is 2.21. The highest BCUT2D eigenvalue weighted by Crippen LogP contribution is 2.30. The molecule has 0 spiro atoms. The number of rotatable bonds is 3. The molecule has 7 heteroatoms. The molecule has 0 aliphatic carbocycles. The molecule has 0 amide bonds. The summed E-state index contributed by atoms with van der Waals surface area (Å²) in [5.41, 5.74) is 0.448. The molecule has 2 aromatic rings. The highest BCUT2D eigenvalue weighted by Gasteiger charge is 2.29. The van der Waals surface area contributed by atoms with E-state index in [1.165, 1.54) is 12.1 Å². The van der Waals surface area contributed by atoms with Gasteiger partial charge in [-0.25, -0.2) is 4.98 Å². The molecular formula is C16H19F3N4. The van der Waals surface area contributed by atoms with Crippen LogP contribution in [0.25, 0.3) is 0 Å². The molecule has 0 bridgehead atoms. The van der Waals surface area contributed by atoms with Crippen molar-refractivity contribution in [3.8, 4) is 0 Å². The van der Waals surface area contributed by atoms with Crippen LogP contribution in [0, 0.1) is 6.92 Å². The summed E-state index contributed by atoms with van der Waals surface area (Å²) in [6.07, 6.45) is -2.68. The summed E-state index contributed by atoms with van der Waals surface area (Å²) in [7, 11) is 0. The van der Waals surface area contributed by atoms with Crippen LogP contribution in [0.4, 0.5) is 30.6 Å². The van der Waals surface area contributed by atoms with E-state index in [4.69, 9.17) is 0 Å². The summed E-state index contributed by atoms with van der Waals surface area (Å²) in [5, 5.41) is 6.17. The van der Waals surface area contributed by atoms with E-state index in [0.29, 0.717) is 17.5 Å². The second-order valence-corrected chi connectivity index (χ2v) is 6.30. The van der Waals surface area contributed by atoms with Crippen molar-refractivity contribution in [3.63, 3.8) is 0 Å². The van der Waals surface area contributed by atoms with Gasteiger partial charge >= 0.3 is 6.18 Å². The number of nitrogens with one attached hydrogen (secondary N) is 2. The third-order valence-electron chi connectivity index (χ3n) is 2.93. The third-order valence-corrected chi connectivity index (χ3v) is 2.93. The molecular weight excluding hydrogens is 305 g/mol. The van der Waals surface area contributed by atoms with Gasteiger partial charge in [0.05, 0.1) is 5.56 Å². The fraction of sp³-hybridized carbons (Fsp3) is 0.375. The number of alkyl halides is 3. The molecule has 2 N–H and O–H groups in total. The van der Waals surface area contributed by atoms with E-state index in [0.717, 1.165) is 17.7 Å². The van der Waals surface area contributed by atoms with Gasteiger partial charge in [-0.15, -0.1) is 0 Å². The molecule has 4 nitrogen and oxygen atoms in total. The van der Waals surface area contributed by atoms with Crippen LogP contribution < -0.4 is 10.6 Å². The van der Waals surface area contributed by atoms with Gasteiger partial charge < -0.3 is 10.6 Å². The van der Waals surface area contributed by atoms with Crippen molar-refractivity contribution < 1.29 is 13.2 Å². The van der Waals surface area contributed by atoms with Gasteiger partial charge in [0.1, 0.15) is 5.82 Å². The van der Waals surface area contributed by atoms with E-state index >= 15 is 0 Å². The van der Waals surface area contributed by atoms with Gasteiger partial charge in [0.2, 0.25) is 5.95 Å². The molecule has 0 atom stereocenters. The van der Waals surface area contributed by atoms with Crippen LogP contribution in [-0.4, -0.2) is 15.5 Å². The van der Waals surface area contributed by atoms with Crippen molar-refractivity contribution in [2.75, 3.05) is 10.6 Å². The molecule has 0 fully saturated rings. The molecule has 23 heavy (non-hydrogen) atoms. The minimum atomic E-state index is -4.34. The predicted octanol–water partition coefficient (Wildman–Crippen LogP) is 4.76. The Morgan fingerprint density at radius 3 is 2.13 bits per heavy atom. The van der Waals surface area contributed by atoms with Gasteiger partial charge in [-0.2, -0.15) is 18.2 Å². The maximum absolute atomic E-state index is 12.6. The van der Waals surface area contributed by atoms with E-state index in [-0.39, 0.29) is 5.54 Å². The Bertz CT molecular complexity index is 673. The number of anilines is 3. The minimum absolute atomic E-state index is 0.194. The lowest BCUT2D eigenvalue weighted by molar-refractivity contribution is -0.137. The number of benzene rings is 1. The lowest BCUT2D eigenvalue weighted by Gasteiger charge is -2.21. The zero-order valence-corrected chi connectivity index (χ0v) is 13.4. The van der Waals surface area contributed by atoms with Crippen LogP contribution in [-0.2, 0) is 6.18 Å². The highest BCUT2D eigenvalue weighted by atomic mass is 19.4. The Labute approximate surface area is 133 Å². The molecule has 0 aliphatic heterocycles. The molecule has 1 heterocycles. The van der Waals surface area contributed by atoms with E-state index in [1.807, 2.05) is 27.7 Å². The molecule has 1 aromatic carbocycles. The van der Waals surface area contributed by atoms with E-state index in [9.17, 15) is 13.2 Å². The van der Waals surface area contributed by atoms with Crippen LogP contribution in [0.15, 0.2) is 30.5 Å². The normalized spacial score (nSPS) is 12.1. The van der Waals surface area contributed by atoms with Crippen LogP contribution in [0.3, 0.4) is 0 Å². The molecule has 0 radical (unpaired) electrons. The number of aryl methyl sites for hydroxylation is 1. The van der Waals surface area contributed by atoms with Crippen LogP contribution >= 0.6 is 0 Å². The monoisotopic (exact) mass is 324 g/mol. The summed E-state index contributed by atoms with van der Waals surface area (Å²) in [5.74, 6) is 1.00. The van der Waals surface area contributed by atoms with E-state index in [1.54, 1.807) is 6.20 Å². The lowest BCUT2D eigenvalue weighted by Crippen LogP contribution is -2.27. The Morgan fingerprint density at radius 1 is 1.00 bits per heavy atom. The average Bonchev–Trinajstić information content (AvgIpc) is 2.40. The topological polar surface area (TPSA) is 49.8 Å². The maximum atomic E-state index is 12.6.